The Bertz CT molecular complexity index is 369. The van der Waals surface area contributed by atoms with Crippen molar-refractivity contribution < 1.29 is 4.79 Å². The summed E-state index contributed by atoms with van der Waals surface area (Å²) in [7, 11) is 3.70. The van der Waals surface area contributed by atoms with Crippen LogP contribution in [0.1, 0.15) is 26.7 Å². The lowest BCUT2D eigenvalue weighted by molar-refractivity contribution is -0.170. The van der Waals surface area contributed by atoms with Gasteiger partial charge in [0, 0.05) is 24.3 Å². The van der Waals surface area contributed by atoms with Crippen LogP contribution in [0.5, 0.6) is 0 Å². The zero-order chi connectivity index (χ0) is 13.2. The second kappa shape index (κ2) is 3.95. The monoisotopic (exact) mass is 429 g/mol. The van der Waals surface area contributed by atoms with Crippen LogP contribution in [0.4, 0.5) is 0 Å². The molecule has 3 unspecified atom stereocenters. The highest BCUT2D eigenvalue weighted by Crippen LogP contribution is 2.82. The van der Waals surface area contributed by atoms with Crippen LogP contribution in [0.25, 0.3) is 0 Å². The fraction of sp³-hybridized carbons (Fsp3) is 0.917. The van der Waals surface area contributed by atoms with Crippen molar-refractivity contribution in [2.75, 3.05) is 14.1 Å². The van der Waals surface area contributed by atoms with Crippen LogP contribution in [0.3, 0.4) is 0 Å². The van der Waals surface area contributed by atoms with E-state index in [0.717, 1.165) is 12.8 Å². The van der Waals surface area contributed by atoms with Crippen molar-refractivity contribution in [1.29, 1.82) is 0 Å². The molecule has 0 saturated heterocycles. The lowest BCUT2D eigenvalue weighted by Gasteiger charge is -2.66. The molecule has 3 saturated carbocycles. The average molecular weight is 432 g/mol. The van der Waals surface area contributed by atoms with Crippen LogP contribution in [-0.4, -0.2) is 33.5 Å². The Hall–Kier alpha value is 0.910. The number of carbonyl (C=O) groups is 1. The van der Waals surface area contributed by atoms with E-state index in [1.807, 2.05) is 14.1 Å². The number of hydrogen-bond acceptors (Lipinski definition) is 1. The first-order chi connectivity index (χ1) is 7.66. The SMILES string of the molecule is CN(C)C(=O)C12CCC(C(Br)Br)(C1Br)C2(C)C. The predicted molar refractivity (Wildman–Crippen MR) is 80.9 cm³/mol. The Morgan fingerprint density at radius 3 is 2.12 bits per heavy atom. The molecule has 0 aliphatic heterocycles. The number of fused-ring (bicyclic) bond motifs is 1. The summed E-state index contributed by atoms with van der Waals surface area (Å²) in [5.74, 6) is 0.262. The minimum Gasteiger partial charge on any atom is -0.348 e. The summed E-state index contributed by atoms with van der Waals surface area (Å²) in [5.41, 5.74) is -0.109. The first kappa shape index (κ1) is 14.3. The third-order valence-electron chi connectivity index (χ3n) is 5.27. The zero-order valence-corrected chi connectivity index (χ0v) is 15.3. The summed E-state index contributed by atoms with van der Waals surface area (Å²) in [5, 5.41) is 0. The maximum Gasteiger partial charge on any atom is 0.229 e. The molecule has 5 heteroatoms. The Kier molecular flexibility index (Phi) is 3.33. The van der Waals surface area contributed by atoms with Gasteiger partial charge in [-0.2, -0.15) is 0 Å². The molecule has 0 aromatic carbocycles. The number of halogens is 3. The van der Waals surface area contributed by atoms with Gasteiger partial charge in [0.1, 0.15) is 0 Å². The van der Waals surface area contributed by atoms with Crippen LogP contribution in [0.15, 0.2) is 0 Å². The first-order valence-corrected chi connectivity index (χ1v) is 8.55. The number of amides is 1. The molecule has 0 spiro atoms. The molecule has 3 aliphatic carbocycles. The lowest BCUT2D eigenvalue weighted by atomic mass is 9.43. The molecule has 3 aliphatic rings. The molecule has 3 atom stereocenters. The van der Waals surface area contributed by atoms with E-state index in [1.54, 1.807) is 4.90 Å². The molecule has 1 amide bonds. The van der Waals surface area contributed by atoms with Gasteiger partial charge in [0.25, 0.3) is 0 Å². The molecular formula is C12H18Br3NO. The molecule has 2 bridgehead atoms. The number of carbonyl (C=O) groups excluding carboxylic acids is 1. The van der Waals surface area contributed by atoms with Crippen LogP contribution < -0.4 is 0 Å². The normalized spacial score (nSPS) is 42.5. The van der Waals surface area contributed by atoms with E-state index in [2.05, 4.69) is 61.6 Å². The van der Waals surface area contributed by atoms with E-state index in [0.29, 0.717) is 0 Å². The number of alkyl halides is 3. The molecule has 0 heterocycles. The number of nitrogens with zero attached hydrogens (tertiary/aromatic N) is 1. The Balaban J connectivity index is 2.46. The molecule has 3 rings (SSSR count). The fourth-order valence-corrected chi connectivity index (χ4v) is 8.97. The molecule has 0 N–H and O–H groups in total. The van der Waals surface area contributed by atoms with Crippen molar-refractivity contribution in [2.45, 2.75) is 35.3 Å². The maximum absolute atomic E-state index is 12.6. The van der Waals surface area contributed by atoms with Gasteiger partial charge in [0.2, 0.25) is 5.91 Å². The highest BCUT2D eigenvalue weighted by molar-refractivity contribution is 9.24. The topological polar surface area (TPSA) is 20.3 Å². The Labute approximate surface area is 128 Å². The zero-order valence-electron chi connectivity index (χ0n) is 10.6. The Morgan fingerprint density at radius 2 is 1.82 bits per heavy atom. The van der Waals surface area contributed by atoms with E-state index < -0.39 is 0 Å². The summed E-state index contributed by atoms with van der Waals surface area (Å²) < 4.78 is 0.243. The fourth-order valence-electron chi connectivity index (χ4n) is 4.07. The molecule has 0 aromatic heterocycles. The molecule has 0 aromatic rings. The van der Waals surface area contributed by atoms with E-state index in [9.17, 15) is 4.79 Å². The predicted octanol–water partition coefficient (Wildman–Crippen LogP) is 3.76. The third-order valence-corrected chi connectivity index (χ3v) is 8.51. The molecular weight excluding hydrogens is 414 g/mol. The van der Waals surface area contributed by atoms with E-state index in [1.165, 1.54) is 0 Å². The molecule has 3 fully saturated rings. The van der Waals surface area contributed by atoms with Gasteiger partial charge in [-0.3, -0.25) is 4.79 Å². The van der Waals surface area contributed by atoms with Crippen LogP contribution in [-0.2, 0) is 4.79 Å². The van der Waals surface area contributed by atoms with Crippen LogP contribution >= 0.6 is 47.8 Å². The third kappa shape index (κ3) is 1.29. The molecule has 98 valence electrons. The van der Waals surface area contributed by atoms with Gasteiger partial charge in [0.15, 0.2) is 0 Å². The van der Waals surface area contributed by atoms with E-state index >= 15 is 0 Å². The van der Waals surface area contributed by atoms with Gasteiger partial charge in [-0.25, -0.2) is 0 Å². The molecule has 0 radical (unpaired) electrons. The molecule has 17 heavy (non-hydrogen) atoms. The van der Waals surface area contributed by atoms with Crippen molar-refractivity contribution in [1.82, 2.24) is 4.90 Å². The highest BCUT2D eigenvalue weighted by Gasteiger charge is 2.83. The largest absolute Gasteiger partial charge is 0.348 e. The summed E-state index contributed by atoms with van der Waals surface area (Å²) in [6.07, 6.45) is 2.05. The van der Waals surface area contributed by atoms with Gasteiger partial charge in [-0.05, 0) is 18.3 Å². The van der Waals surface area contributed by atoms with Gasteiger partial charge in [0.05, 0.1) is 9.15 Å². The van der Waals surface area contributed by atoms with Gasteiger partial charge in [-0.15, -0.1) is 0 Å². The quantitative estimate of drug-likeness (QED) is 0.609. The number of rotatable bonds is 2. The van der Waals surface area contributed by atoms with E-state index in [4.69, 9.17) is 0 Å². The van der Waals surface area contributed by atoms with Crippen LogP contribution in [0.2, 0.25) is 0 Å². The first-order valence-electron chi connectivity index (χ1n) is 5.80. The van der Waals surface area contributed by atoms with Crippen LogP contribution in [0, 0.1) is 16.2 Å². The van der Waals surface area contributed by atoms with Crippen molar-refractivity contribution >= 4 is 53.7 Å². The minimum absolute atomic E-state index is 0.00713. The summed E-state index contributed by atoms with van der Waals surface area (Å²) in [6.45, 7) is 4.46. The van der Waals surface area contributed by atoms with Crippen molar-refractivity contribution in [3.63, 3.8) is 0 Å². The highest BCUT2D eigenvalue weighted by atomic mass is 79.9. The maximum atomic E-state index is 12.6. The number of hydrogen-bond donors (Lipinski definition) is 0. The van der Waals surface area contributed by atoms with Gasteiger partial charge in [-0.1, -0.05) is 61.6 Å². The minimum atomic E-state index is -0.240. The van der Waals surface area contributed by atoms with Gasteiger partial charge < -0.3 is 4.90 Å². The standard InChI is InChI=1S/C12H18Br3NO/c1-10(2)11(8(14)15)5-6-12(10,7(11)13)9(17)16(3)4/h7-8H,5-6H2,1-4H3. The van der Waals surface area contributed by atoms with Crippen molar-refractivity contribution in [3.8, 4) is 0 Å². The van der Waals surface area contributed by atoms with Gasteiger partial charge >= 0.3 is 0 Å². The lowest BCUT2D eigenvalue weighted by Crippen LogP contribution is -2.71. The molecule has 2 nitrogen and oxygen atoms in total. The van der Waals surface area contributed by atoms with E-state index in [-0.39, 0.29) is 30.7 Å². The summed E-state index contributed by atoms with van der Waals surface area (Å²) in [4.78, 5) is 14.5. The van der Waals surface area contributed by atoms with Crippen molar-refractivity contribution in [3.05, 3.63) is 0 Å². The summed E-state index contributed by atoms with van der Waals surface area (Å²) >= 11 is 11.2. The smallest absolute Gasteiger partial charge is 0.229 e. The summed E-state index contributed by atoms with van der Waals surface area (Å²) in [6, 6.07) is 0. The average Bonchev–Trinajstić information content (AvgIpc) is 2.66. The van der Waals surface area contributed by atoms with Crippen molar-refractivity contribution in [2.24, 2.45) is 16.2 Å². The second-order valence-corrected chi connectivity index (χ2v) is 9.98. The second-order valence-electron chi connectivity index (χ2n) is 6.00. The Morgan fingerprint density at radius 1 is 1.29 bits per heavy atom.